The van der Waals surface area contributed by atoms with Gasteiger partial charge in [0.1, 0.15) is 0 Å². The zero-order chi connectivity index (χ0) is 14.8. The van der Waals surface area contributed by atoms with Crippen LogP contribution in [0.5, 0.6) is 0 Å². The number of carbonyl (C=O) groups excluding carboxylic acids is 1. The molecule has 1 unspecified atom stereocenters. The van der Waals surface area contributed by atoms with E-state index in [9.17, 15) is 4.79 Å². The van der Waals surface area contributed by atoms with Crippen LogP contribution in [0.1, 0.15) is 24.5 Å². The number of nitrogens with two attached hydrogens (primary N) is 1. The van der Waals surface area contributed by atoms with E-state index >= 15 is 0 Å². The van der Waals surface area contributed by atoms with Gasteiger partial charge in [0.05, 0.1) is 6.54 Å². The number of anilines is 1. The van der Waals surface area contributed by atoms with Crippen LogP contribution in [-0.4, -0.2) is 37.0 Å². The fourth-order valence-electron chi connectivity index (χ4n) is 2.69. The largest absolute Gasteiger partial charge is 0.330 e. The van der Waals surface area contributed by atoms with Crippen LogP contribution in [0.25, 0.3) is 0 Å². The van der Waals surface area contributed by atoms with E-state index in [1.807, 2.05) is 26.0 Å². The van der Waals surface area contributed by atoms with Gasteiger partial charge in [0.15, 0.2) is 0 Å². The summed E-state index contributed by atoms with van der Waals surface area (Å²) in [6, 6.07) is 6.10. The maximum atomic E-state index is 12.1. The Balaban J connectivity index is 1.92. The molecule has 0 spiro atoms. The number of likely N-dealkylation sites (tertiary alicyclic amines) is 1. The van der Waals surface area contributed by atoms with Gasteiger partial charge >= 0.3 is 0 Å². The highest BCUT2D eigenvalue weighted by atomic mass is 16.2. The zero-order valence-corrected chi connectivity index (χ0v) is 12.7. The summed E-state index contributed by atoms with van der Waals surface area (Å²) in [5.41, 5.74) is 9.12. The van der Waals surface area contributed by atoms with E-state index in [2.05, 4.69) is 23.2 Å². The molecule has 1 aliphatic heterocycles. The second kappa shape index (κ2) is 5.94. The number of benzene rings is 1. The average Bonchev–Trinajstić information content (AvgIpc) is 2.76. The predicted octanol–water partition coefficient (Wildman–Crippen LogP) is 1.91. The van der Waals surface area contributed by atoms with Crippen molar-refractivity contribution >= 4 is 11.6 Å². The van der Waals surface area contributed by atoms with Crippen molar-refractivity contribution in [1.29, 1.82) is 0 Å². The zero-order valence-electron chi connectivity index (χ0n) is 12.7. The van der Waals surface area contributed by atoms with Crippen LogP contribution in [0.15, 0.2) is 18.2 Å². The van der Waals surface area contributed by atoms with Gasteiger partial charge in [0, 0.05) is 12.2 Å². The summed E-state index contributed by atoms with van der Waals surface area (Å²) in [5, 5.41) is 3.01. The van der Waals surface area contributed by atoms with Crippen molar-refractivity contribution in [2.75, 3.05) is 31.5 Å². The third-order valence-electron chi connectivity index (χ3n) is 4.16. The van der Waals surface area contributed by atoms with Crippen LogP contribution < -0.4 is 11.1 Å². The Labute approximate surface area is 121 Å². The Morgan fingerprint density at radius 3 is 2.85 bits per heavy atom. The van der Waals surface area contributed by atoms with Crippen molar-refractivity contribution in [3.8, 4) is 0 Å². The number of hydrogen-bond donors (Lipinski definition) is 2. The summed E-state index contributed by atoms with van der Waals surface area (Å²) < 4.78 is 0. The number of aryl methyl sites for hydroxylation is 2. The number of hydrogen-bond acceptors (Lipinski definition) is 3. The van der Waals surface area contributed by atoms with Crippen LogP contribution in [0, 0.1) is 19.3 Å². The molecule has 2 rings (SSSR count). The molecule has 1 aliphatic rings. The second-order valence-electron chi connectivity index (χ2n) is 6.34. The molecule has 110 valence electrons. The van der Waals surface area contributed by atoms with Gasteiger partial charge in [0.25, 0.3) is 0 Å². The molecular weight excluding hydrogens is 250 g/mol. The van der Waals surface area contributed by atoms with Gasteiger partial charge in [-0.1, -0.05) is 19.1 Å². The minimum Gasteiger partial charge on any atom is -0.330 e. The van der Waals surface area contributed by atoms with Crippen molar-refractivity contribution in [3.05, 3.63) is 29.3 Å². The van der Waals surface area contributed by atoms with E-state index in [0.717, 1.165) is 36.3 Å². The average molecular weight is 275 g/mol. The molecule has 0 bridgehead atoms. The fraction of sp³-hybridized carbons (Fsp3) is 0.562. The minimum absolute atomic E-state index is 0.0555. The van der Waals surface area contributed by atoms with Gasteiger partial charge in [-0.05, 0) is 56.0 Å². The number of amides is 1. The number of nitrogens with one attached hydrogen (secondary N) is 1. The van der Waals surface area contributed by atoms with Gasteiger partial charge in [-0.2, -0.15) is 0 Å². The highest BCUT2D eigenvalue weighted by Gasteiger charge is 2.33. The molecule has 1 aromatic rings. The standard InChI is InChI=1S/C16H25N3O/c1-12-4-5-13(2)14(8-12)18-15(20)9-19-7-6-16(3,10-17)11-19/h4-5,8H,6-7,9-11,17H2,1-3H3,(H,18,20). The van der Waals surface area contributed by atoms with Crippen molar-refractivity contribution in [2.45, 2.75) is 27.2 Å². The maximum Gasteiger partial charge on any atom is 0.238 e. The van der Waals surface area contributed by atoms with E-state index in [-0.39, 0.29) is 11.3 Å². The minimum atomic E-state index is 0.0555. The van der Waals surface area contributed by atoms with Gasteiger partial charge in [0.2, 0.25) is 5.91 Å². The molecule has 1 aromatic carbocycles. The first-order valence-electron chi connectivity index (χ1n) is 7.21. The SMILES string of the molecule is Cc1ccc(C)c(NC(=O)CN2CCC(C)(CN)C2)c1. The molecule has 0 saturated carbocycles. The smallest absolute Gasteiger partial charge is 0.238 e. The molecule has 1 saturated heterocycles. The molecule has 0 aliphatic carbocycles. The van der Waals surface area contributed by atoms with Crippen LogP contribution in [0.2, 0.25) is 0 Å². The van der Waals surface area contributed by atoms with Crippen LogP contribution in [0.4, 0.5) is 5.69 Å². The van der Waals surface area contributed by atoms with Crippen molar-refractivity contribution in [3.63, 3.8) is 0 Å². The van der Waals surface area contributed by atoms with Crippen molar-refractivity contribution in [1.82, 2.24) is 4.90 Å². The van der Waals surface area contributed by atoms with E-state index in [0.29, 0.717) is 13.1 Å². The van der Waals surface area contributed by atoms with Gasteiger partial charge in [-0.3, -0.25) is 9.69 Å². The van der Waals surface area contributed by atoms with E-state index in [1.165, 1.54) is 0 Å². The Morgan fingerprint density at radius 2 is 2.20 bits per heavy atom. The number of nitrogens with zero attached hydrogens (tertiary/aromatic N) is 1. The molecule has 0 radical (unpaired) electrons. The van der Waals surface area contributed by atoms with Gasteiger partial charge in [-0.15, -0.1) is 0 Å². The lowest BCUT2D eigenvalue weighted by molar-refractivity contribution is -0.117. The molecule has 4 nitrogen and oxygen atoms in total. The molecule has 1 atom stereocenters. The Hall–Kier alpha value is -1.39. The molecule has 1 heterocycles. The molecule has 0 aromatic heterocycles. The summed E-state index contributed by atoms with van der Waals surface area (Å²) in [4.78, 5) is 14.3. The van der Waals surface area contributed by atoms with Crippen LogP contribution in [0.3, 0.4) is 0 Å². The van der Waals surface area contributed by atoms with Crippen LogP contribution in [-0.2, 0) is 4.79 Å². The Bertz CT molecular complexity index is 500. The first kappa shape index (κ1) is 15.0. The third kappa shape index (κ3) is 3.58. The molecule has 1 fully saturated rings. The summed E-state index contributed by atoms with van der Waals surface area (Å²) in [6.07, 6.45) is 1.07. The maximum absolute atomic E-state index is 12.1. The van der Waals surface area contributed by atoms with Crippen LogP contribution >= 0.6 is 0 Å². The highest BCUT2D eigenvalue weighted by Crippen LogP contribution is 2.28. The summed E-state index contributed by atoms with van der Waals surface area (Å²) in [5.74, 6) is 0.0555. The Kier molecular flexibility index (Phi) is 4.45. The molecule has 4 heteroatoms. The lowest BCUT2D eigenvalue weighted by atomic mass is 9.90. The highest BCUT2D eigenvalue weighted by molar-refractivity contribution is 5.93. The van der Waals surface area contributed by atoms with E-state index in [4.69, 9.17) is 5.73 Å². The summed E-state index contributed by atoms with van der Waals surface area (Å²) in [6.45, 7) is 9.22. The van der Waals surface area contributed by atoms with Crippen molar-refractivity contribution in [2.24, 2.45) is 11.1 Å². The fourth-order valence-corrected chi connectivity index (χ4v) is 2.69. The van der Waals surface area contributed by atoms with Gasteiger partial charge in [-0.25, -0.2) is 0 Å². The summed E-state index contributed by atoms with van der Waals surface area (Å²) in [7, 11) is 0. The van der Waals surface area contributed by atoms with E-state index < -0.39 is 0 Å². The number of carbonyl (C=O) groups is 1. The van der Waals surface area contributed by atoms with Gasteiger partial charge < -0.3 is 11.1 Å². The monoisotopic (exact) mass is 275 g/mol. The predicted molar refractivity (Wildman–Crippen MR) is 82.8 cm³/mol. The molecule has 3 N–H and O–H groups in total. The quantitative estimate of drug-likeness (QED) is 0.882. The first-order valence-corrected chi connectivity index (χ1v) is 7.21. The first-order chi connectivity index (χ1) is 9.42. The molecule has 20 heavy (non-hydrogen) atoms. The summed E-state index contributed by atoms with van der Waals surface area (Å²) >= 11 is 0. The normalized spacial score (nSPS) is 23.0. The van der Waals surface area contributed by atoms with Crippen molar-refractivity contribution < 1.29 is 4.79 Å². The third-order valence-corrected chi connectivity index (χ3v) is 4.16. The molecular formula is C16H25N3O. The topological polar surface area (TPSA) is 58.4 Å². The lowest BCUT2D eigenvalue weighted by Crippen LogP contribution is -2.35. The second-order valence-corrected chi connectivity index (χ2v) is 6.34. The van der Waals surface area contributed by atoms with E-state index in [1.54, 1.807) is 0 Å². The molecule has 1 amide bonds. The lowest BCUT2D eigenvalue weighted by Gasteiger charge is -2.22. The number of rotatable bonds is 4. The Morgan fingerprint density at radius 1 is 1.45 bits per heavy atom.